The van der Waals surface area contributed by atoms with Gasteiger partial charge in [-0.05, 0) is 31.2 Å². The number of carbonyl (C=O) groups is 1. The maximum atomic E-state index is 13.3. The number of nitrogens with zero attached hydrogens (tertiary/aromatic N) is 1. The van der Waals surface area contributed by atoms with Crippen LogP contribution in [0.2, 0.25) is 5.02 Å². The van der Waals surface area contributed by atoms with Gasteiger partial charge in [-0.1, -0.05) is 11.6 Å². The maximum Gasteiger partial charge on any atom is 0.168 e. The van der Waals surface area contributed by atoms with Gasteiger partial charge in [0.1, 0.15) is 5.82 Å². The van der Waals surface area contributed by atoms with E-state index in [2.05, 4.69) is 4.90 Å². The average Bonchev–Trinajstić information content (AvgIpc) is 2.39. The first kappa shape index (κ1) is 18.3. The predicted octanol–water partition coefficient (Wildman–Crippen LogP) is 1.73. The zero-order chi connectivity index (χ0) is 14.7. The smallest absolute Gasteiger partial charge is 0.168 e. The summed E-state index contributed by atoms with van der Waals surface area (Å²) in [5.74, 6) is -0.716. The lowest BCUT2D eigenvalue weighted by atomic mass is 9.90. The van der Waals surface area contributed by atoms with E-state index in [1.165, 1.54) is 12.1 Å². The first-order chi connectivity index (χ1) is 9.51. The van der Waals surface area contributed by atoms with Gasteiger partial charge in [-0.3, -0.25) is 4.79 Å². The summed E-state index contributed by atoms with van der Waals surface area (Å²) in [4.78, 5) is 14.2. The lowest BCUT2D eigenvalue weighted by molar-refractivity contribution is 0.0605. The number of nitrogens with two attached hydrogens (primary N) is 1. The second-order valence-corrected chi connectivity index (χ2v) is 5.59. The first-order valence-electron chi connectivity index (χ1n) is 6.59. The Bertz CT molecular complexity index is 496. The van der Waals surface area contributed by atoms with Crippen molar-refractivity contribution in [3.63, 3.8) is 0 Å². The molecule has 0 amide bonds. The fourth-order valence-corrected chi connectivity index (χ4v) is 2.36. The topological polar surface area (TPSA) is 66.6 Å². The molecule has 0 saturated carbocycles. The molecule has 1 saturated heterocycles. The highest BCUT2D eigenvalue weighted by molar-refractivity contribution is 6.30. The van der Waals surface area contributed by atoms with Gasteiger partial charge in [-0.2, -0.15) is 0 Å². The van der Waals surface area contributed by atoms with Crippen molar-refractivity contribution in [3.8, 4) is 0 Å². The molecule has 1 atom stereocenters. The number of likely N-dealkylation sites (tertiary alicyclic amines) is 1. The SMILES string of the molecule is Cl.NC(CO)CCN1CC(C(=O)c2ccc(Cl)c(F)c2)C1. The number of Topliss-reactive ketones (excluding diaryl/α,β-unsaturated/α-hetero) is 1. The molecule has 1 aromatic rings. The van der Waals surface area contributed by atoms with Gasteiger partial charge in [0.05, 0.1) is 11.6 Å². The van der Waals surface area contributed by atoms with Gasteiger partial charge in [0.25, 0.3) is 0 Å². The van der Waals surface area contributed by atoms with Crippen LogP contribution in [0.3, 0.4) is 0 Å². The van der Waals surface area contributed by atoms with Gasteiger partial charge in [0.15, 0.2) is 5.78 Å². The lowest BCUT2D eigenvalue weighted by Gasteiger charge is -2.38. The van der Waals surface area contributed by atoms with Gasteiger partial charge >= 0.3 is 0 Å². The van der Waals surface area contributed by atoms with Crippen molar-refractivity contribution in [2.24, 2.45) is 11.7 Å². The number of halogens is 3. The predicted molar refractivity (Wildman–Crippen MR) is 82.6 cm³/mol. The highest BCUT2D eigenvalue weighted by Crippen LogP contribution is 2.23. The van der Waals surface area contributed by atoms with Crippen LogP contribution in [0.25, 0.3) is 0 Å². The Morgan fingerprint density at radius 1 is 1.52 bits per heavy atom. The molecule has 0 aromatic heterocycles. The molecule has 1 aliphatic heterocycles. The summed E-state index contributed by atoms with van der Waals surface area (Å²) >= 11 is 5.59. The number of aliphatic hydroxyl groups is 1. The number of carbonyl (C=O) groups excluding carboxylic acids is 1. The molecule has 7 heteroatoms. The zero-order valence-corrected chi connectivity index (χ0v) is 13.0. The number of aliphatic hydroxyl groups excluding tert-OH is 1. The van der Waals surface area contributed by atoms with E-state index in [1.54, 1.807) is 6.07 Å². The monoisotopic (exact) mass is 336 g/mol. The van der Waals surface area contributed by atoms with Crippen molar-refractivity contribution in [2.45, 2.75) is 12.5 Å². The molecule has 0 spiro atoms. The van der Waals surface area contributed by atoms with Crippen molar-refractivity contribution in [3.05, 3.63) is 34.6 Å². The molecule has 0 aliphatic carbocycles. The molecule has 1 aromatic carbocycles. The summed E-state index contributed by atoms with van der Waals surface area (Å²) in [6, 6.07) is 3.93. The van der Waals surface area contributed by atoms with Crippen LogP contribution in [0.15, 0.2) is 18.2 Å². The largest absolute Gasteiger partial charge is 0.395 e. The number of hydrogen-bond acceptors (Lipinski definition) is 4. The van der Waals surface area contributed by atoms with Crippen molar-refractivity contribution in [2.75, 3.05) is 26.2 Å². The van der Waals surface area contributed by atoms with E-state index >= 15 is 0 Å². The molecule has 4 nitrogen and oxygen atoms in total. The number of hydrogen-bond donors (Lipinski definition) is 2. The van der Waals surface area contributed by atoms with Crippen molar-refractivity contribution >= 4 is 29.8 Å². The fourth-order valence-electron chi connectivity index (χ4n) is 2.24. The molecule has 1 fully saturated rings. The molecule has 118 valence electrons. The van der Waals surface area contributed by atoms with E-state index in [0.717, 1.165) is 6.54 Å². The van der Waals surface area contributed by atoms with E-state index < -0.39 is 5.82 Å². The third kappa shape index (κ3) is 4.63. The average molecular weight is 337 g/mol. The Morgan fingerprint density at radius 2 is 2.19 bits per heavy atom. The molecule has 1 heterocycles. The summed E-state index contributed by atoms with van der Waals surface area (Å²) in [7, 11) is 0. The van der Waals surface area contributed by atoms with Crippen LogP contribution in [0.5, 0.6) is 0 Å². The Hall–Kier alpha value is -0.720. The Labute approximate surface area is 134 Å². The second-order valence-electron chi connectivity index (χ2n) is 5.18. The van der Waals surface area contributed by atoms with Gasteiger partial charge in [0, 0.05) is 30.6 Å². The molecule has 3 N–H and O–H groups in total. The van der Waals surface area contributed by atoms with Crippen molar-refractivity contribution in [1.29, 1.82) is 0 Å². The highest BCUT2D eigenvalue weighted by atomic mass is 35.5. The fraction of sp³-hybridized carbons (Fsp3) is 0.500. The molecule has 2 rings (SSSR count). The van der Waals surface area contributed by atoms with Gasteiger partial charge in [-0.25, -0.2) is 4.39 Å². The normalized spacial score (nSPS) is 17.0. The Morgan fingerprint density at radius 3 is 2.76 bits per heavy atom. The number of benzene rings is 1. The third-order valence-electron chi connectivity index (χ3n) is 3.58. The van der Waals surface area contributed by atoms with Crippen LogP contribution in [0, 0.1) is 11.7 Å². The number of ketones is 1. The standard InChI is InChI=1S/C14H18ClFN2O2.ClH/c15-12-2-1-9(5-13(12)16)14(20)10-6-18(7-10)4-3-11(17)8-19;/h1-2,5,10-11,19H,3-4,6-8,17H2;1H. The van der Waals surface area contributed by atoms with E-state index in [1.807, 2.05) is 0 Å². The van der Waals surface area contributed by atoms with Gasteiger partial charge < -0.3 is 15.7 Å². The van der Waals surface area contributed by atoms with Gasteiger partial charge in [0.2, 0.25) is 0 Å². The Balaban J connectivity index is 0.00000220. The molecule has 1 aliphatic rings. The first-order valence-corrected chi connectivity index (χ1v) is 6.97. The summed E-state index contributed by atoms with van der Waals surface area (Å²) in [6.07, 6.45) is 0.701. The van der Waals surface area contributed by atoms with Crippen LogP contribution in [0.1, 0.15) is 16.8 Å². The summed E-state index contributed by atoms with van der Waals surface area (Å²) in [6.45, 7) is 2.04. The van der Waals surface area contributed by atoms with Crippen LogP contribution < -0.4 is 5.73 Å². The molecular formula is C14H19Cl2FN2O2. The van der Waals surface area contributed by atoms with E-state index in [-0.39, 0.29) is 41.8 Å². The third-order valence-corrected chi connectivity index (χ3v) is 3.89. The molecule has 1 unspecified atom stereocenters. The van der Waals surface area contributed by atoms with Crippen molar-refractivity contribution in [1.82, 2.24) is 4.90 Å². The lowest BCUT2D eigenvalue weighted by Crippen LogP contribution is -2.51. The van der Waals surface area contributed by atoms with E-state index in [4.69, 9.17) is 22.4 Å². The molecule has 0 bridgehead atoms. The van der Waals surface area contributed by atoms with Crippen LogP contribution in [-0.4, -0.2) is 48.1 Å². The molecular weight excluding hydrogens is 318 g/mol. The highest BCUT2D eigenvalue weighted by Gasteiger charge is 2.33. The summed E-state index contributed by atoms with van der Waals surface area (Å²) in [5.41, 5.74) is 5.98. The zero-order valence-electron chi connectivity index (χ0n) is 11.5. The maximum absolute atomic E-state index is 13.3. The van der Waals surface area contributed by atoms with Crippen LogP contribution in [-0.2, 0) is 0 Å². The minimum atomic E-state index is -0.567. The van der Waals surface area contributed by atoms with Crippen LogP contribution >= 0.6 is 24.0 Å². The summed E-state index contributed by atoms with van der Waals surface area (Å²) < 4.78 is 13.3. The Kier molecular flexibility index (Phi) is 7.03. The van der Waals surface area contributed by atoms with Crippen molar-refractivity contribution < 1.29 is 14.3 Å². The second kappa shape index (κ2) is 8.06. The van der Waals surface area contributed by atoms with E-state index in [9.17, 15) is 9.18 Å². The quantitative estimate of drug-likeness (QED) is 0.776. The summed E-state index contributed by atoms with van der Waals surface area (Å²) in [5, 5.41) is 8.85. The number of rotatable bonds is 6. The molecule has 21 heavy (non-hydrogen) atoms. The van der Waals surface area contributed by atoms with Gasteiger partial charge in [-0.15, -0.1) is 12.4 Å². The molecule has 0 radical (unpaired) electrons. The minimum Gasteiger partial charge on any atom is -0.395 e. The van der Waals surface area contributed by atoms with E-state index in [0.29, 0.717) is 25.1 Å². The van der Waals surface area contributed by atoms with Crippen LogP contribution in [0.4, 0.5) is 4.39 Å². The minimum absolute atomic E-state index is 0.